The molecule has 1 saturated carbocycles. The maximum atomic E-state index is 13.7. The second-order valence-electron chi connectivity index (χ2n) is 9.54. The Hall–Kier alpha value is -2.03. The average Bonchev–Trinajstić information content (AvgIpc) is 3.60. The summed E-state index contributed by atoms with van der Waals surface area (Å²) in [6, 6.07) is 9.90. The van der Waals surface area contributed by atoms with Gasteiger partial charge in [-0.15, -0.1) is 11.8 Å². The normalized spacial score (nSPS) is 18.4. The summed E-state index contributed by atoms with van der Waals surface area (Å²) >= 11 is 15.2. The van der Waals surface area contributed by atoms with Crippen molar-refractivity contribution in [2.24, 2.45) is 5.92 Å². The number of rotatable bonds is 8. The van der Waals surface area contributed by atoms with Crippen molar-refractivity contribution in [2.45, 2.75) is 48.8 Å². The van der Waals surface area contributed by atoms with E-state index >= 15 is 0 Å². The zero-order chi connectivity index (χ0) is 25.4. The smallest absolute Gasteiger partial charge is 0.306 e. The molecule has 1 atom stereocenters. The number of anilines is 1. The van der Waals surface area contributed by atoms with Crippen LogP contribution in [0.15, 0.2) is 35.2 Å². The highest BCUT2D eigenvalue weighted by molar-refractivity contribution is 7.99. The van der Waals surface area contributed by atoms with Crippen LogP contribution in [0, 0.1) is 5.92 Å². The highest BCUT2D eigenvalue weighted by atomic mass is 35.5. The Kier molecular flexibility index (Phi) is 7.39. The van der Waals surface area contributed by atoms with E-state index in [0.29, 0.717) is 32.6 Å². The minimum atomic E-state index is -2.67. The number of thioether (sulfide) groups is 1. The number of methoxy groups -OCH3 is 1. The number of aromatic amines is 1. The maximum Gasteiger partial charge on any atom is 0.306 e. The lowest BCUT2D eigenvalue weighted by molar-refractivity contribution is -0.140. The van der Waals surface area contributed by atoms with Crippen LogP contribution >= 0.6 is 35.0 Å². The summed E-state index contributed by atoms with van der Waals surface area (Å²) in [6.45, 7) is 0.316. The predicted octanol–water partition coefficient (Wildman–Crippen LogP) is 7.30. The summed E-state index contributed by atoms with van der Waals surface area (Å²) in [5.41, 5.74) is 2.56. The molecule has 1 N–H and O–H groups in total. The highest BCUT2D eigenvalue weighted by Crippen LogP contribution is 2.43. The van der Waals surface area contributed by atoms with E-state index in [1.165, 1.54) is 24.8 Å². The maximum absolute atomic E-state index is 13.7. The number of benzene rings is 2. The van der Waals surface area contributed by atoms with Gasteiger partial charge in [0.05, 0.1) is 40.7 Å². The van der Waals surface area contributed by atoms with Crippen molar-refractivity contribution < 1.29 is 18.3 Å². The van der Waals surface area contributed by atoms with Gasteiger partial charge in [0.2, 0.25) is 0 Å². The molecule has 0 bridgehead atoms. The van der Waals surface area contributed by atoms with E-state index in [-0.39, 0.29) is 44.2 Å². The zero-order valence-electron chi connectivity index (χ0n) is 19.8. The molecule has 0 spiro atoms. The number of H-pyrrole nitrogens is 1. The van der Waals surface area contributed by atoms with Crippen molar-refractivity contribution in [3.05, 3.63) is 51.8 Å². The van der Waals surface area contributed by atoms with Gasteiger partial charge in [-0.25, -0.2) is 13.8 Å². The molecule has 1 saturated heterocycles. The number of nitrogens with one attached hydrogen (secondary N) is 1. The first-order chi connectivity index (χ1) is 17.2. The summed E-state index contributed by atoms with van der Waals surface area (Å²) in [4.78, 5) is 23.3. The number of aromatic nitrogens is 2. The summed E-state index contributed by atoms with van der Waals surface area (Å²) in [5.74, 6) is -0.878. The molecule has 36 heavy (non-hydrogen) atoms. The summed E-state index contributed by atoms with van der Waals surface area (Å²) in [6.07, 6.45) is 2.23. The average molecular weight is 554 g/mol. The molecule has 1 unspecified atom stereocenters. The monoisotopic (exact) mass is 553 g/mol. The SMILES string of the molecule is COC(=O)CC(c1ccc(SCC2CC2)cc1)c1nc2c(Cl)c(N3CCC(F)(F)CC3)c(Cl)cc2[nH]1. The van der Waals surface area contributed by atoms with Crippen LogP contribution in [0.2, 0.25) is 10.0 Å². The van der Waals surface area contributed by atoms with E-state index in [0.717, 1.165) is 17.2 Å². The summed E-state index contributed by atoms with van der Waals surface area (Å²) in [7, 11) is 1.36. The van der Waals surface area contributed by atoms with Gasteiger partial charge in [0, 0.05) is 36.6 Å². The molecule has 5 nitrogen and oxygen atoms in total. The van der Waals surface area contributed by atoms with Crippen LogP contribution < -0.4 is 4.90 Å². The third-order valence-corrected chi connectivity index (χ3v) is 8.76. The fraction of sp³-hybridized carbons (Fsp3) is 0.462. The Morgan fingerprint density at radius 1 is 1.25 bits per heavy atom. The Labute approximate surface area is 222 Å². The second kappa shape index (κ2) is 10.4. The molecular formula is C26H27Cl2F2N3O2S. The predicted molar refractivity (Wildman–Crippen MR) is 141 cm³/mol. The number of alkyl halides is 2. The van der Waals surface area contributed by atoms with E-state index in [1.54, 1.807) is 11.0 Å². The number of hydrogen-bond acceptors (Lipinski definition) is 5. The molecule has 5 rings (SSSR count). The van der Waals surface area contributed by atoms with Crippen molar-refractivity contribution in [3.63, 3.8) is 0 Å². The number of carbonyl (C=O) groups excluding carboxylic acids is 1. The van der Waals surface area contributed by atoms with Gasteiger partial charge in [-0.3, -0.25) is 4.79 Å². The van der Waals surface area contributed by atoms with Gasteiger partial charge in [0.15, 0.2) is 0 Å². The Morgan fingerprint density at radius 2 is 1.94 bits per heavy atom. The molecule has 2 aliphatic rings. The number of halogens is 4. The molecule has 3 aromatic rings. The molecular weight excluding hydrogens is 527 g/mol. The topological polar surface area (TPSA) is 58.2 Å². The molecule has 0 amide bonds. The first kappa shape index (κ1) is 25.6. The number of fused-ring (bicyclic) bond motifs is 1. The van der Waals surface area contributed by atoms with E-state index in [9.17, 15) is 13.6 Å². The van der Waals surface area contributed by atoms with Crippen LogP contribution in [0.25, 0.3) is 11.0 Å². The minimum Gasteiger partial charge on any atom is -0.469 e. The lowest BCUT2D eigenvalue weighted by atomic mass is 9.95. The van der Waals surface area contributed by atoms with Crippen LogP contribution in [0.3, 0.4) is 0 Å². The van der Waals surface area contributed by atoms with Crippen molar-refractivity contribution in [1.82, 2.24) is 9.97 Å². The van der Waals surface area contributed by atoms with Crippen molar-refractivity contribution in [3.8, 4) is 0 Å². The quantitative estimate of drug-likeness (QED) is 0.234. The fourth-order valence-corrected chi connectivity index (χ4v) is 6.35. The van der Waals surface area contributed by atoms with Gasteiger partial charge in [-0.2, -0.15) is 0 Å². The molecule has 2 heterocycles. The second-order valence-corrected chi connectivity index (χ2v) is 11.4. The van der Waals surface area contributed by atoms with Gasteiger partial charge in [0.1, 0.15) is 11.3 Å². The van der Waals surface area contributed by atoms with Gasteiger partial charge < -0.3 is 14.6 Å². The van der Waals surface area contributed by atoms with Crippen LogP contribution in [0.4, 0.5) is 14.5 Å². The molecule has 2 fully saturated rings. The van der Waals surface area contributed by atoms with E-state index < -0.39 is 5.92 Å². The number of esters is 1. The molecule has 1 aliphatic heterocycles. The van der Waals surface area contributed by atoms with Gasteiger partial charge in [-0.1, -0.05) is 35.3 Å². The molecule has 10 heteroatoms. The van der Waals surface area contributed by atoms with E-state index in [2.05, 4.69) is 17.1 Å². The van der Waals surface area contributed by atoms with Crippen LogP contribution in [0.1, 0.15) is 49.4 Å². The molecule has 0 radical (unpaired) electrons. The lowest BCUT2D eigenvalue weighted by Crippen LogP contribution is -2.39. The Bertz CT molecular complexity index is 1250. The molecule has 192 valence electrons. The number of carbonyl (C=O) groups is 1. The fourth-order valence-electron chi connectivity index (χ4n) is 4.52. The van der Waals surface area contributed by atoms with Crippen LogP contribution in [-0.2, 0) is 9.53 Å². The number of piperidine rings is 1. The number of imidazole rings is 1. The van der Waals surface area contributed by atoms with E-state index in [1.807, 2.05) is 23.9 Å². The summed E-state index contributed by atoms with van der Waals surface area (Å²) < 4.78 is 32.3. The van der Waals surface area contributed by atoms with Crippen LogP contribution in [-0.4, -0.2) is 47.8 Å². The van der Waals surface area contributed by atoms with Gasteiger partial charge in [0.25, 0.3) is 5.92 Å². The number of hydrogen-bond donors (Lipinski definition) is 1. The third kappa shape index (κ3) is 5.60. The first-order valence-electron chi connectivity index (χ1n) is 12.0. The Balaban J connectivity index is 1.46. The lowest BCUT2D eigenvalue weighted by Gasteiger charge is -2.34. The summed E-state index contributed by atoms with van der Waals surface area (Å²) in [5, 5.41) is 0.684. The molecule has 1 aromatic heterocycles. The van der Waals surface area contributed by atoms with Gasteiger partial charge >= 0.3 is 5.97 Å². The standard InChI is InChI=1S/C26H27Cl2F2N3O2S/c1-35-21(34)12-18(16-4-6-17(7-5-16)36-14-15-2-3-15)25-31-20-13-19(27)24(22(28)23(20)32-25)33-10-8-26(29,30)9-11-33/h4-7,13,15,18H,2-3,8-12,14H2,1H3,(H,31,32). The molecule has 1 aliphatic carbocycles. The van der Waals surface area contributed by atoms with E-state index in [4.69, 9.17) is 32.9 Å². The van der Waals surface area contributed by atoms with Crippen molar-refractivity contribution in [1.29, 1.82) is 0 Å². The number of ether oxygens (including phenoxy) is 1. The van der Waals surface area contributed by atoms with Gasteiger partial charge in [-0.05, 0) is 42.5 Å². The van der Waals surface area contributed by atoms with Crippen molar-refractivity contribution in [2.75, 3.05) is 30.9 Å². The third-order valence-electron chi connectivity index (χ3n) is 6.87. The van der Waals surface area contributed by atoms with Crippen LogP contribution in [0.5, 0.6) is 0 Å². The first-order valence-corrected chi connectivity index (χ1v) is 13.8. The zero-order valence-corrected chi connectivity index (χ0v) is 22.2. The largest absolute Gasteiger partial charge is 0.469 e. The Morgan fingerprint density at radius 3 is 2.58 bits per heavy atom. The van der Waals surface area contributed by atoms with Crippen molar-refractivity contribution >= 4 is 57.7 Å². The number of nitrogens with zero attached hydrogens (tertiary/aromatic N) is 2. The molecule has 2 aromatic carbocycles. The highest BCUT2D eigenvalue weighted by Gasteiger charge is 2.35. The minimum absolute atomic E-state index is 0.101.